The third-order valence-corrected chi connectivity index (χ3v) is 2.93. The molecule has 3 nitrogen and oxygen atoms in total. The number of carbonyl (C=O) groups is 2. The van der Waals surface area contributed by atoms with Gasteiger partial charge in [0.05, 0.1) is 12.3 Å². The van der Waals surface area contributed by atoms with E-state index in [1.807, 2.05) is 26.0 Å². The topological polar surface area (TPSA) is 43.4 Å². The predicted octanol–water partition coefficient (Wildman–Crippen LogP) is 1.94. The Kier molecular flexibility index (Phi) is 2.77. The zero-order valence-electron chi connectivity index (χ0n) is 9.45. The molecule has 16 heavy (non-hydrogen) atoms. The quantitative estimate of drug-likeness (QED) is 0.562. The van der Waals surface area contributed by atoms with E-state index >= 15 is 0 Å². The maximum atomic E-state index is 11.3. The Morgan fingerprint density at radius 2 is 2.06 bits per heavy atom. The highest BCUT2D eigenvalue weighted by Crippen LogP contribution is 2.22. The summed E-state index contributed by atoms with van der Waals surface area (Å²) >= 11 is 0. The Balaban J connectivity index is 2.15. The van der Waals surface area contributed by atoms with E-state index in [-0.39, 0.29) is 18.3 Å². The van der Waals surface area contributed by atoms with Gasteiger partial charge in [-0.1, -0.05) is 23.8 Å². The second kappa shape index (κ2) is 4.08. The summed E-state index contributed by atoms with van der Waals surface area (Å²) in [5, 5.41) is 0. The monoisotopic (exact) mass is 218 g/mol. The number of ether oxygens (including phenoxy) is 1. The lowest BCUT2D eigenvalue weighted by Crippen LogP contribution is -2.11. The summed E-state index contributed by atoms with van der Waals surface area (Å²) in [4.78, 5) is 22.3. The smallest absolute Gasteiger partial charge is 0.317 e. The number of aryl methyl sites for hydroxylation is 2. The highest BCUT2D eigenvalue weighted by molar-refractivity contribution is 5.94. The molecule has 0 bridgehead atoms. The first-order valence-electron chi connectivity index (χ1n) is 5.37. The van der Waals surface area contributed by atoms with E-state index in [0.29, 0.717) is 6.42 Å². The summed E-state index contributed by atoms with van der Waals surface area (Å²) < 4.78 is 4.53. The van der Waals surface area contributed by atoms with Crippen molar-refractivity contribution in [3.05, 3.63) is 34.9 Å². The molecule has 1 aromatic rings. The number of cyclic esters (lactones) is 2. The summed E-state index contributed by atoms with van der Waals surface area (Å²) in [6.45, 7) is 4.05. The van der Waals surface area contributed by atoms with Crippen LogP contribution in [0.5, 0.6) is 0 Å². The molecule has 0 amide bonds. The number of benzene rings is 1. The number of carbonyl (C=O) groups excluding carboxylic acids is 2. The molecular weight excluding hydrogens is 204 g/mol. The molecule has 1 atom stereocenters. The van der Waals surface area contributed by atoms with Crippen molar-refractivity contribution in [2.75, 3.05) is 0 Å². The Bertz CT molecular complexity index is 448. The summed E-state index contributed by atoms with van der Waals surface area (Å²) in [5.41, 5.74) is 3.47. The van der Waals surface area contributed by atoms with Gasteiger partial charge in [0, 0.05) is 0 Å². The Labute approximate surface area is 94.4 Å². The van der Waals surface area contributed by atoms with Crippen molar-refractivity contribution in [1.82, 2.24) is 0 Å². The number of hydrogen-bond acceptors (Lipinski definition) is 3. The fourth-order valence-corrected chi connectivity index (χ4v) is 2.02. The lowest BCUT2D eigenvalue weighted by Gasteiger charge is -2.08. The molecule has 1 heterocycles. The second-order valence-electron chi connectivity index (χ2n) is 4.33. The van der Waals surface area contributed by atoms with Gasteiger partial charge < -0.3 is 4.74 Å². The minimum Gasteiger partial charge on any atom is -0.393 e. The van der Waals surface area contributed by atoms with E-state index in [1.54, 1.807) is 0 Å². The third-order valence-electron chi connectivity index (χ3n) is 2.93. The highest BCUT2D eigenvalue weighted by Gasteiger charge is 2.33. The molecule has 0 aromatic heterocycles. The fraction of sp³-hybridized carbons (Fsp3) is 0.385. The van der Waals surface area contributed by atoms with E-state index in [4.69, 9.17) is 0 Å². The first-order chi connectivity index (χ1) is 7.56. The third kappa shape index (κ3) is 2.13. The van der Waals surface area contributed by atoms with Crippen molar-refractivity contribution in [3.63, 3.8) is 0 Å². The normalized spacial score (nSPS) is 20.0. The van der Waals surface area contributed by atoms with Crippen LogP contribution < -0.4 is 0 Å². The van der Waals surface area contributed by atoms with Gasteiger partial charge in [0.25, 0.3) is 0 Å². The zero-order valence-corrected chi connectivity index (χ0v) is 9.45. The summed E-state index contributed by atoms with van der Waals surface area (Å²) in [6, 6.07) is 6.11. The summed E-state index contributed by atoms with van der Waals surface area (Å²) in [5.74, 6) is -1.08. The minimum atomic E-state index is -0.403. The first kappa shape index (κ1) is 10.9. The number of rotatable bonds is 2. The van der Waals surface area contributed by atoms with Crippen LogP contribution >= 0.6 is 0 Å². The van der Waals surface area contributed by atoms with E-state index in [1.165, 1.54) is 5.56 Å². The molecule has 1 saturated heterocycles. The van der Waals surface area contributed by atoms with Crippen molar-refractivity contribution in [3.8, 4) is 0 Å². The molecule has 0 saturated carbocycles. The standard InChI is InChI=1S/C13H14O3/c1-8-3-4-10(9(2)5-8)6-11-7-12(14)16-13(11)15/h3-5,11H,6-7H2,1-2H3. The highest BCUT2D eigenvalue weighted by atomic mass is 16.6. The minimum absolute atomic E-state index is 0.214. The predicted molar refractivity (Wildman–Crippen MR) is 58.8 cm³/mol. The molecule has 1 aromatic carbocycles. The van der Waals surface area contributed by atoms with Crippen LogP contribution in [0, 0.1) is 19.8 Å². The average molecular weight is 218 g/mol. The van der Waals surface area contributed by atoms with Crippen LogP contribution in [-0.2, 0) is 20.7 Å². The Morgan fingerprint density at radius 3 is 2.62 bits per heavy atom. The maximum absolute atomic E-state index is 11.3. The molecule has 0 radical (unpaired) electrons. The van der Waals surface area contributed by atoms with E-state index in [0.717, 1.165) is 11.1 Å². The van der Waals surface area contributed by atoms with Crippen LogP contribution in [-0.4, -0.2) is 11.9 Å². The largest absolute Gasteiger partial charge is 0.393 e. The van der Waals surface area contributed by atoms with Crippen molar-refractivity contribution in [2.24, 2.45) is 5.92 Å². The van der Waals surface area contributed by atoms with Gasteiger partial charge in [-0.05, 0) is 31.4 Å². The van der Waals surface area contributed by atoms with Crippen molar-refractivity contribution >= 4 is 11.9 Å². The average Bonchev–Trinajstić information content (AvgIpc) is 2.50. The lowest BCUT2D eigenvalue weighted by molar-refractivity contribution is -0.153. The SMILES string of the molecule is Cc1ccc(CC2CC(=O)OC2=O)c(C)c1. The first-order valence-corrected chi connectivity index (χ1v) is 5.37. The van der Waals surface area contributed by atoms with Gasteiger partial charge in [0.1, 0.15) is 0 Å². The van der Waals surface area contributed by atoms with Crippen LogP contribution in [0.15, 0.2) is 18.2 Å². The number of esters is 2. The molecule has 3 heteroatoms. The molecule has 1 aliphatic rings. The van der Waals surface area contributed by atoms with Crippen LogP contribution in [0.4, 0.5) is 0 Å². The fourth-order valence-electron chi connectivity index (χ4n) is 2.02. The Morgan fingerprint density at radius 1 is 1.31 bits per heavy atom. The molecule has 0 spiro atoms. The molecule has 1 unspecified atom stereocenters. The van der Waals surface area contributed by atoms with Gasteiger partial charge in [-0.15, -0.1) is 0 Å². The van der Waals surface area contributed by atoms with Gasteiger partial charge in [0.15, 0.2) is 0 Å². The van der Waals surface area contributed by atoms with E-state index in [9.17, 15) is 9.59 Å². The number of hydrogen-bond donors (Lipinski definition) is 0. The maximum Gasteiger partial charge on any atom is 0.317 e. The van der Waals surface area contributed by atoms with Gasteiger partial charge in [-0.3, -0.25) is 9.59 Å². The second-order valence-corrected chi connectivity index (χ2v) is 4.33. The van der Waals surface area contributed by atoms with Gasteiger partial charge >= 0.3 is 11.9 Å². The molecule has 1 aliphatic heterocycles. The van der Waals surface area contributed by atoms with E-state index in [2.05, 4.69) is 10.8 Å². The van der Waals surface area contributed by atoms with Crippen molar-refractivity contribution < 1.29 is 14.3 Å². The molecule has 2 rings (SSSR count). The molecule has 0 aliphatic carbocycles. The van der Waals surface area contributed by atoms with Gasteiger partial charge in [-0.25, -0.2) is 0 Å². The van der Waals surface area contributed by atoms with Gasteiger partial charge in [0.2, 0.25) is 0 Å². The molecule has 84 valence electrons. The summed E-state index contributed by atoms with van der Waals surface area (Å²) in [6.07, 6.45) is 0.808. The summed E-state index contributed by atoms with van der Waals surface area (Å²) in [7, 11) is 0. The van der Waals surface area contributed by atoms with Crippen molar-refractivity contribution in [2.45, 2.75) is 26.7 Å². The molecular formula is C13H14O3. The van der Waals surface area contributed by atoms with Gasteiger partial charge in [-0.2, -0.15) is 0 Å². The lowest BCUT2D eigenvalue weighted by atomic mass is 9.94. The van der Waals surface area contributed by atoms with Crippen LogP contribution in [0.25, 0.3) is 0 Å². The van der Waals surface area contributed by atoms with Crippen molar-refractivity contribution in [1.29, 1.82) is 0 Å². The Hall–Kier alpha value is -1.64. The van der Waals surface area contributed by atoms with Crippen LogP contribution in [0.1, 0.15) is 23.1 Å². The zero-order chi connectivity index (χ0) is 11.7. The van der Waals surface area contributed by atoms with Crippen LogP contribution in [0.2, 0.25) is 0 Å². The molecule has 1 fully saturated rings. The van der Waals surface area contributed by atoms with Crippen LogP contribution in [0.3, 0.4) is 0 Å². The van der Waals surface area contributed by atoms with E-state index < -0.39 is 5.97 Å². The molecule has 0 N–H and O–H groups in total.